The highest BCUT2D eigenvalue weighted by Crippen LogP contribution is 2.47. The summed E-state index contributed by atoms with van der Waals surface area (Å²) in [5.74, 6) is -0.157. The zero-order valence-corrected chi connectivity index (χ0v) is 11.2. The van der Waals surface area contributed by atoms with Gasteiger partial charge in [0.25, 0.3) is 0 Å². The maximum Gasteiger partial charge on any atom is 0.306 e. The average Bonchev–Trinajstić information content (AvgIpc) is 3.15. The molecule has 0 radical (unpaired) electrons. The van der Waals surface area contributed by atoms with Crippen molar-refractivity contribution in [3.63, 3.8) is 0 Å². The number of hydrogen-bond donors (Lipinski definition) is 1. The number of carboxylic acids is 1. The third-order valence-corrected chi connectivity index (χ3v) is 3.95. The van der Waals surface area contributed by atoms with Crippen LogP contribution in [0, 0.1) is 17.7 Å². The van der Waals surface area contributed by atoms with E-state index < -0.39 is 5.97 Å². The van der Waals surface area contributed by atoms with Crippen molar-refractivity contribution < 1.29 is 19.0 Å². The predicted octanol–water partition coefficient (Wildman–Crippen LogP) is 3.44. The number of halogens is 1. The van der Waals surface area contributed by atoms with Crippen LogP contribution in [0.2, 0.25) is 0 Å². The fourth-order valence-corrected chi connectivity index (χ4v) is 2.71. The Kier molecular flexibility index (Phi) is 4.08. The molecule has 0 bridgehead atoms. The summed E-state index contributed by atoms with van der Waals surface area (Å²) >= 11 is 0. The van der Waals surface area contributed by atoms with Gasteiger partial charge in [-0.3, -0.25) is 4.79 Å². The van der Waals surface area contributed by atoms with E-state index in [0.717, 1.165) is 24.8 Å². The van der Waals surface area contributed by atoms with Gasteiger partial charge >= 0.3 is 5.97 Å². The van der Waals surface area contributed by atoms with Crippen molar-refractivity contribution in [2.45, 2.75) is 32.1 Å². The summed E-state index contributed by atoms with van der Waals surface area (Å²) in [5.41, 5.74) is 0.848. The van der Waals surface area contributed by atoms with E-state index in [-0.39, 0.29) is 23.6 Å². The van der Waals surface area contributed by atoms with Gasteiger partial charge in [-0.2, -0.15) is 0 Å². The van der Waals surface area contributed by atoms with Crippen molar-refractivity contribution in [1.82, 2.24) is 0 Å². The van der Waals surface area contributed by atoms with E-state index in [9.17, 15) is 9.18 Å². The molecule has 19 heavy (non-hydrogen) atoms. The minimum absolute atomic E-state index is 0.153. The third kappa shape index (κ3) is 3.06. The monoisotopic (exact) mass is 266 g/mol. The smallest absolute Gasteiger partial charge is 0.306 e. The average molecular weight is 266 g/mol. The van der Waals surface area contributed by atoms with Crippen LogP contribution in [0.3, 0.4) is 0 Å². The number of aliphatic carboxylic acids is 1. The van der Waals surface area contributed by atoms with Crippen LogP contribution in [-0.4, -0.2) is 18.2 Å². The highest BCUT2D eigenvalue weighted by molar-refractivity contribution is 5.73. The van der Waals surface area contributed by atoms with E-state index in [1.807, 2.05) is 6.92 Å². The van der Waals surface area contributed by atoms with E-state index >= 15 is 0 Å². The molecule has 1 aromatic carbocycles. The third-order valence-electron chi connectivity index (χ3n) is 3.95. The van der Waals surface area contributed by atoms with Gasteiger partial charge in [-0.05, 0) is 49.3 Å². The zero-order valence-electron chi connectivity index (χ0n) is 11.2. The molecule has 0 saturated heterocycles. The molecule has 1 saturated carbocycles. The molecule has 1 aliphatic rings. The molecule has 1 aliphatic carbocycles. The Labute approximate surface area is 112 Å². The number of rotatable bonds is 6. The molecule has 4 heteroatoms. The predicted molar refractivity (Wildman–Crippen MR) is 69.8 cm³/mol. The zero-order chi connectivity index (χ0) is 14.0. The number of hydrogen-bond acceptors (Lipinski definition) is 2. The molecular formula is C15H19FO3. The molecule has 0 aromatic heterocycles. The minimum Gasteiger partial charge on any atom is -0.496 e. The van der Waals surface area contributed by atoms with Crippen LogP contribution < -0.4 is 4.74 Å². The minimum atomic E-state index is -0.717. The van der Waals surface area contributed by atoms with Gasteiger partial charge in [-0.1, -0.05) is 6.92 Å². The van der Waals surface area contributed by atoms with Crippen molar-refractivity contribution in [1.29, 1.82) is 0 Å². The number of ether oxygens (including phenoxy) is 1. The van der Waals surface area contributed by atoms with Gasteiger partial charge < -0.3 is 9.84 Å². The molecule has 0 amide bonds. The Hall–Kier alpha value is -1.58. The summed E-state index contributed by atoms with van der Waals surface area (Å²) in [6.45, 7) is 2.03. The lowest BCUT2D eigenvalue weighted by molar-refractivity contribution is -0.138. The Morgan fingerprint density at radius 2 is 2.32 bits per heavy atom. The van der Waals surface area contributed by atoms with E-state index in [1.165, 1.54) is 12.1 Å². The molecule has 3 unspecified atom stereocenters. The molecule has 0 spiro atoms. The van der Waals surface area contributed by atoms with Crippen molar-refractivity contribution in [3.05, 3.63) is 29.6 Å². The summed E-state index contributed by atoms with van der Waals surface area (Å²) in [4.78, 5) is 10.9. The van der Waals surface area contributed by atoms with Crippen LogP contribution in [0.1, 0.15) is 37.7 Å². The quantitative estimate of drug-likeness (QED) is 0.858. The van der Waals surface area contributed by atoms with Gasteiger partial charge in [0.05, 0.1) is 13.0 Å². The van der Waals surface area contributed by atoms with Gasteiger partial charge in [-0.15, -0.1) is 0 Å². The van der Waals surface area contributed by atoms with Crippen molar-refractivity contribution >= 4 is 5.97 Å². The summed E-state index contributed by atoms with van der Waals surface area (Å²) in [5, 5.41) is 8.94. The lowest BCUT2D eigenvalue weighted by Crippen LogP contribution is -2.05. The lowest BCUT2D eigenvalue weighted by Gasteiger charge is -2.18. The maximum absolute atomic E-state index is 13.4. The molecule has 0 aliphatic heterocycles. The first-order chi connectivity index (χ1) is 9.06. The Morgan fingerprint density at radius 3 is 2.84 bits per heavy atom. The van der Waals surface area contributed by atoms with E-state index in [4.69, 9.17) is 9.84 Å². The molecule has 0 heterocycles. The normalized spacial score (nSPS) is 22.9. The highest BCUT2D eigenvalue weighted by Gasteiger charge is 2.44. The topological polar surface area (TPSA) is 46.5 Å². The number of carboxylic acid groups (broad SMARTS) is 1. The number of carbonyl (C=O) groups is 1. The second-order valence-corrected chi connectivity index (χ2v) is 5.17. The Morgan fingerprint density at radius 1 is 1.58 bits per heavy atom. The van der Waals surface area contributed by atoms with Crippen LogP contribution >= 0.6 is 0 Å². The standard InChI is InChI=1S/C15H19FO3/c1-3-9(6-10-7-13(10)15(17)18)12-8-11(16)4-5-14(12)19-2/h4-5,8-10,13H,3,6-7H2,1-2H3,(H,17,18). The molecule has 3 nitrogen and oxygen atoms in total. The SMILES string of the molecule is CCC(CC1CC1C(=O)O)c1cc(F)ccc1OC. The molecule has 1 N–H and O–H groups in total. The van der Waals surface area contributed by atoms with E-state index in [0.29, 0.717) is 5.75 Å². The van der Waals surface area contributed by atoms with Crippen molar-refractivity contribution in [3.8, 4) is 5.75 Å². The van der Waals surface area contributed by atoms with Gasteiger partial charge in [0, 0.05) is 5.56 Å². The molecular weight excluding hydrogens is 247 g/mol. The van der Waals surface area contributed by atoms with Crippen LogP contribution in [0.15, 0.2) is 18.2 Å². The lowest BCUT2D eigenvalue weighted by atomic mass is 9.90. The maximum atomic E-state index is 13.4. The van der Waals surface area contributed by atoms with E-state index in [1.54, 1.807) is 13.2 Å². The fourth-order valence-electron chi connectivity index (χ4n) is 2.71. The van der Waals surface area contributed by atoms with Gasteiger partial charge in [0.15, 0.2) is 0 Å². The Balaban J connectivity index is 2.13. The first-order valence-electron chi connectivity index (χ1n) is 6.63. The molecule has 1 aromatic rings. The van der Waals surface area contributed by atoms with Crippen molar-refractivity contribution in [2.75, 3.05) is 7.11 Å². The summed E-state index contributed by atoms with van der Waals surface area (Å²) in [7, 11) is 1.57. The summed E-state index contributed by atoms with van der Waals surface area (Å²) in [6.07, 6.45) is 2.37. The number of benzene rings is 1. The largest absolute Gasteiger partial charge is 0.496 e. The molecule has 3 atom stereocenters. The first kappa shape index (κ1) is 13.8. The summed E-state index contributed by atoms with van der Waals surface area (Å²) in [6, 6.07) is 4.52. The van der Waals surface area contributed by atoms with E-state index in [2.05, 4.69) is 0 Å². The first-order valence-corrected chi connectivity index (χ1v) is 6.63. The fraction of sp³-hybridized carbons (Fsp3) is 0.533. The molecule has 104 valence electrons. The summed E-state index contributed by atoms with van der Waals surface area (Å²) < 4.78 is 18.7. The Bertz CT molecular complexity index is 472. The van der Waals surface area contributed by atoms with Crippen LogP contribution in [0.4, 0.5) is 4.39 Å². The van der Waals surface area contributed by atoms with Crippen LogP contribution in [0.25, 0.3) is 0 Å². The van der Waals surface area contributed by atoms with Gasteiger partial charge in [0.2, 0.25) is 0 Å². The van der Waals surface area contributed by atoms with Gasteiger partial charge in [-0.25, -0.2) is 4.39 Å². The van der Waals surface area contributed by atoms with Gasteiger partial charge in [0.1, 0.15) is 11.6 Å². The van der Waals surface area contributed by atoms with Crippen LogP contribution in [0.5, 0.6) is 5.75 Å². The second-order valence-electron chi connectivity index (χ2n) is 5.17. The highest BCUT2D eigenvalue weighted by atomic mass is 19.1. The number of methoxy groups -OCH3 is 1. The molecule has 1 fully saturated rings. The van der Waals surface area contributed by atoms with Crippen LogP contribution in [-0.2, 0) is 4.79 Å². The van der Waals surface area contributed by atoms with Crippen molar-refractivity contribution in [2.24, 2.45) is 11.8 Å². The molecule has 2 rings (SSSR count). The second kappa shape index (κ2) is 5.59.